The Kier molecular flexibility index (Phi) is 4.99. The number of likely N-dealkylation sites (tertiary alicyclic amines) is 1. The Morgan fingerprint density at radius 3 is 2.67 bits per heavy atom. The zero-order chi connectivity index (χ0) is 20.5. The minimum absolute atomic E-state index is 0.145. The van der Waals surface area contributed by atoms with Crippen LogP contribution in [0.1, 0.15) is 42.6 Å². The van der Waals surface area contributed by atoms with Gasteiger partial charge in [-0.25, -0.2) is 0 Å². The average Bonchev–Trinajstić information content (AvgIpc) is 3.47. The highest BCUT2D eigenvalue weighted by Crippen LogP contribution is 2.48. The van der Waals surface area contributed by atoms with E-state index in [4.69, 9.17) is 9.26 Å². The monoisotopic (exact) mass is 403 g/mol. The van der Waals surface area contributed by atoms with E-state index in [-0.39, 0.29) is 11.8 Å². The molecular weight excluding hydrogens is 378 g/mol. The summed E-state index contributed by atoms with van der Waals surface area (Å²) in [5.41, 5.74) is 2.15. The molecule has 0 bridgehead atoms. The third-order valence-electron chi connectivity index (χ3n) is 6.26. The maximum Gasteiger partial charge on any atom is 0.230 e. The number of hydrogen-bond acceptors (Lipinski definition) is 5. The third-order valence-corrected chi connectivity index (χ3v) is 6.26. The highest BCUT2D eigenvalue weighted by atomic mass is 16.5. The number of aromatic nitrogens is 2. The predicted molar refractivity (Wildman–Crippen MR) is 112 cm³/mol. The van der Waals surface area contributed by atoms with Crippen LogP contribution in [-0.2, 0) is 4.79 Å². The summed E-state index contributed by atoms with van der Waals surface area (Å²) < 4.78 is 10.8. The summed E-state index contributed by atoms with van der Waals surface area (Å²) in [6, 6.07) is 18.0. The summed E-state index contributed by atoms with van der Waals surface area (Å²) in [5, 5.41) is 4.15. The topological polar surface area (TPSA) is 68.5 Å². The summed E-state index contributed by atoms with van der Waals surface area (Å²) in [6.45, 7) is 1.50. The van der Waals surface area contributed by atoms with Gasteiger partial charge in [0.1, 0.15) is 5.75 Å². The van der Waals surface area contributed by atoms with Crippen LogP contribution < -0.4 is 4.74 Å². The van der Waals surface area contributed by atoms with Crippen molar-refractivity contribution in [3.8, 4) is 17.1 Å². The van der Waals surface area contributed by atoms with Gasteiger partial charge in [0.15, 0.2) is 0 Å². The van der Waals surface area contributed by atoms with Crippen LogP contribution in [0.4, 0.5) is 0 Å². The summed E-state index contributed by atoms with van der Waals surface area (Å²) >= 11 is 0. The Hall–Kier alpha value is -3.15. The van der Waals surface area contributed by atoms with Crippen molar-refractivity contribution >= 4 is 5.91 Å². The molecule has 1 saturated heterocycles. The SMILES string of the molecule is COc1cccc(-c2noc(C3CCN(C(=O)C4CC4c4ccccc4)CC3)n2)c1. The first-order valence-corrected chi connectivity index (χ1v) is 10.5. The Balaban J connectivity index is 1.19. The number of nitrogens with zero attached hydrogens (tertiary/aromatic N) is 3. The lowest BCUT2D eigenvalue weighted by Crippen LogP contribution is -2.39. The lowest BCUT2D eigenvalue weighted by molar-refractivity contribution is -0.133. The van der Waals surface area contributed by atoms with Crippen molar-refractivity contribution in [2.24, 2.45) is 5.92 Å². The summed E-state index contributed by atoms with van der Waals surface area (Å²) in [7, 11) is 1.64. The molecule has 5 rings (SSSR count). The molecule has 6 nitrogen and oxygen atoms in total. The highest BCUT2D eigenvalue weighted by Gasteiger charge is 2.46. The van der Waals surface area contributed by atoms with Gasteiger partial charge in [-0.2, -0.15) is 4.98 Å². The zero-order valence-corrected chi connectivity index (χ0v) is 17.0. The van der Waals surface area contributed by atoms with E-state index < -0.39 is 0 Å². The highest BCUT2D eigenvalue weighted by molar-refractivity contribution is 5.83. The van der Waals surface area contributed by atoms with E-state index in [0.29, 0.717) is 23.5 Å². The van der Waals surface area contributed by atoms with E-state index in [1.165, 1.54) is 5.56 Å². The molecule has 6 heteroatoms. The second kappa shape index (κ2) is 7.94. The standard InChI is InChI=1S/C24H25N3O3/c1-29-19-9-5-8-18(14-19)22-25-23(30-26-22)17-10-12-27(13-11-17)24(28)21-15-20(21)16-6-3-2-4-7-16/h2-9,14,17,20-21H,10-13,15H2,1H3. The first-order valence-electron chi connectivity index (χ1n) is 10.5. The molecule has 1 amide bonds. The van der Waals surface area contributed by atoms with Crippen LogP contribution in [0.3, 0.4) is 0 Å². The number of hydrogen-bond donors (Lipinski definition) is 0. The third kappa shape index (κ3) is 3.70. The van der Waals surface area contributed by atoms with Crippen LogP contribution in [0, 0.1) is 5.92 Å². The van der Waals surface area contributed by atoms with E-state index >= 15 is 0 Å². The average molecular weight is 403 g/mol. The van der Waals surface area contributed by atoms with Gasteiger partial charge in [0.2, 0.25) is 17.6 Å². The predicted octanol–water partition coefficient (Wildman–Crippen LogP) is 4.25. The number of carbonyl (C=O) groups excluding carboxylic acids is 1. The van der Waals surface area contributed by atoms with Gasteiger partial charge in [0, 0.05) is 30.5 Å². The van der Waals surface area contributed by atoms with Crippen LogP contribution in [0.15, 0.2) is 59.1 Å². The van der Waals surface area contributed by atoms with Crippen molar-refractivity contribution in [1.82, 2.24) is 15.0 Å². The minimum Gasteiger partial charge on any atom is -0.497 e. The molecule has 2 atom stereocenters. The molecule has 0 N–H and O–H groups in total. The molecule has 154 valence electrons. The lowest BCUT2D eigenvalue weighted by Gasteiger charge is -2.30. The molecule has 2 aliphatic rings. The molecule has 30 heavy (non-hydrogen) atoms. The van der Waals surface area contributed by atoms with E-state index in [0.717, 1.165) is 43.7 Å². The first-order chi connectivity index (χ1) is 14.7. The zero-order valence-electron chi connectivity index (χ0n) is 17.0. The molecule has 1 aliphatic carbocycles. The van der Waals surface area contributed by atoms with Gasteiger partial charge in [0.05, 0.1) is 7.11 Å². The molecular formula is C24H25N3O3. The van der Waals surface area contributed by atoms with Crippen LogP contribution in [-0.4, -0.2) is 41.1 Å². The molecule has 0 spiro atoms. The second-order valence-electron chi connectivity index (χ2n) is 8.15. The van der Waals surface area contributed by atoms with Crippen molar-refractivity contribution in [3.05, 3.63) is 66.1 Å². The fraction of sp³-hybridized carbons (Fsp3) is 0.375. The van der Waals surface area contributed by atoms with E-state index in [1.807, 2.05) is 47.4 Å². The Labute approximate surface area is 175 Å². The number of piperidine rings is 1. The van der Waals surface area contributed by atoms with Crippen LogP contribution in [0.2, 0.25) is 0 Å². The number of methoxy groups -OCH3 is 1. The molecule has 1 saturated carbocycles. The van der Waals surface area contributed by atoms with E-state index in [2.05, 4.69) is 22.3 Å². The quantitative estimate of drug-likeness (QED) is 0.637. The van der Waals surface area contributed by atoms with Gasteiger partial charge in [-0.05, 0) is 42.9 Å². The number of amides is 1. The lowest BCUT2D eigenvalue weighted by atomic mass is 9.96. The van der Waals surface area contributed by atoms with E-state index in [1.54, 1.807) is 7.11 Å². The summed E-state index contributed by atoms with van der Waals surface area (Å²) in [5.74, 6) is 3.03. The maximum atomic E-state index is 12.9. The first kappa shape index (κ1) is 18.9. The van der Waals surface area contributed by atoms with Crippen molar-refractivity contribution in [3.63, 3.8) is 0 Å². The molecule has 2 aromatic carbocycles. The molecule has 2 heterocycles. The Morgan fingerprint density at radius 2 is 1.90 bits per heavy atom. The molecule has 1 aromatic heterocycles. The molecule has 2 unspecified atom stereocenters. The number of benzene rings is 2. The summed E-state index contributed by atoms with van der Waals surface area (Å²) in [6.07, 6.45) is 2.68. The minimum atomic E-state index is 0.145. The molecule has 2 fully saturated rings. The van der Waals surface area contributed by atoms with Crippen molar-refractivity contribution in [2.75, 3.05) is 20.2 Å². The number of rotatable bonds is 5. The fourth-order valence-corrected chi connectivity index (χ4v) is 4.40. The number of carbonyl (C=O) groups is 1. The number of ether oxygens (including phenoxy) is 1. The smallest absolute Gasteiger partial charge is 0.230 e. The van der Waals surface area contributed by atoms with Crippen LogP contribution >= 0.6 is 0 Å². The van der Waals surface area contributed by atoms with Gasteiger partial charge in [-0.15, -0.1) is 0 Å². The van der Waals surface area contributed by atoms with Crippen molar-refractivity contribution in [1.29, 1.82) is 0 Å². The van der Waals surface area contributed by atoms with Crippen LogP contribution in [0.5, 0.6) is 5.75 Å². The molecule has 3 aromatic rings. The summed E-state index contributed by atoms with van der Waals surface area (Å²) in [4.78, 5) is 19.5. The maximum absolute atomic E-state index is 12.9. The normalized spacial score (nSPS) is 21.4. The Bertz CT molecular complexity index is 1020. The largest absolute Gasteiger partial charge is 0.497 e. The van der Waals surface area contributed by atoms with Crippen molar-refractivity contribution < 1.29 is 14.1 Å². The molecule has 0 radical (unpaired) electrons. The van der Waals surface area contributed by atoms with Gasteiger partial charge < -0.3 is 14.2 Å². The fourth-order valence-electron chi connectivity index (χ4n) is 4.40. The van der Waals surface area contributed by atoms with Gasteiger partial charge in [0.25, 0.3) is 0 Å². The van der Waals surface area contributed by atoms with Gasteiger partial charge in [-0.1, -0.05) is 47.6 Å². The van der Waals surface area contributed by atoms with E-state index in [9.17, 15) is 4.79 Å². The molecule has 1 aliphatic heterocycles. The Morgan fingerprint density at radius 1 is 1.10 bits per heavy atom. The van der Waals surface area contributed by atoms with Crippen molar-refractivity contribution in [2.45, 2.75) is 31.1 Å². The van der Waals surface area contributed by atoms with Gasteiger partial charge in [-0.3, -0.25) is 4.79 Å². The second-order valence-corrected chi connectivity index (χ2v) is 8.15. The van der Waals surface area contributed by atoms with Crippen LogP contribution in [0.25, 0.3) is 11.4 Å². The van der Waals surface area contributed by atoms with Gasteiger partial charge >= 0.3 is 0 Å².